The smallest absolute Gasteiger partial charge is 0.270 e. The molecule has 118 valence electrons. The fraction of sp³-hybridized carbons (Fsp3) is 0.294. The molecule has 0 radical (unpaired) electrons. The standard InChI is InChI=1S/C17H17FN4O/c18-13-4-3-11-8-16(20-15(11)9-13)17(23)22-7-1-2-12(10-22)14-5-6-19-21-14/h3-6,8-9,12,20H,1-2,7,10H2,(H,19,21). The molecule has 1 amide bonds. The summed E-state index contributed by atoms with van der Waals surface area (Å²) in [6, 6.07) is 8.25. The Hall–Kier alpha value is -2.63. The van der Waals surface area contributed by atoms with Gasteiger partial charge in [-0.3, -0.25) is 9.89 Å². The fourth-order valence-corrected chi connectivity index (χ4v) is 3.29. The highest BCUT2D eigenvalue weighted by Crippen LogP contribution is 2.27. The molecule has 1 aromatic carbocycles. The number of halogens is 1. The third-order valence-corrected chi connectivity index (χ3v) is 4.49. The predicted octanol–water partition coefficient (Wildman–Crippen LogP) is 3.05. The highest BCUT2D eigenvalue weighted by Gasteiger charge is 2.27. The average molecular weight is 312 g/mol. The number of benzene rings is 1. The van der Waals surface area contributed by atoms with Crippen molar-refractivity contribution < 1.29 is 9.18 Å². The molecule has 1 fully saturated rings. The summed E-state index contributed by atoms with van der Waals surface area (Å²) >= 11 is 0. The van der Waals surface area contributed by atoms with E-state index in [1.165, 1.54) is 12.1 Å². The number of amides is 1. The van der Waals surface area contributed by atoms with Crippen molar-refractivity contribution >= 4 is 16.8 Å². The Bertz CT molecular complexity index is 840. The van der Waals surface area contributed by atoms with Gasteiger partial charge in [-0.05, 0) is 43.2 Å². The van der Waals surface area contributed by atoms with Crippen molar-refractivity contribution in [2.24, 2.45) is 0 Å². The third kappa shape index (κ3) is 2.60. The Morgan fingerprint density at radius 1 is 1.30 bits per heavy atom. The molecule has 0 bridgehead atoms. The van der Waals surface area contributed by atoms with E-state index in [0.29, 0.717) is 17.8 Å². The first-order chi connectivity index (χ1) is 11.2. The second-order valence-corrected chi connectivity index (χ2v) is 6.02. The molecule has 2 aromatic heterocycles. The second-order valence-electron chi connectivity index (χ2n) is 6.02. The Morgan fingerprint density at radius 3 is 3.04 bits per heavy atom. The van der Waals surface area contributed by atoms with Crippen LogP contribution in [0.25, 0.3) is 10.9 Å². The molecule has 5 nitrogen and oxygen atoms in total. The van der Waals surface area contributed by atoms with E-state index in [1.54, 1.807) is 18.3 Å². The molecule has 1 aliphatic rings. The lowest BCUT2D eigenvalue weighted by atomic mass is 9.95. The summed E-state index contributed by atoms with van der Waals surface area (Å²) in [6.07, 6.45) is 3.75. The van der Waals surface area contributed by atoms with Crippen LogP contribution in [0, 0.1) is 5.82 Å². The van der Waals surface area contributed by atoms with Crippen LogP contribution in [0.3, 0.4) is 0 Å². The van der Waals surface area contributed by atoms with Crippen molar-refractivity contribution in [3.05, 3.63) is 53.7 Å². The number of H-pyrrole nitrogens is 2. The van der Waals surface area contributed by atoms with Crippen LogP contribution in [0.4, 0.5) is 4.39 Å². The number of nitrogens with zero attached hydrogens (tertiary/aromatic N) is 2. The number of hydrogen-bond donors (Lipinski definition) is 2. The molecule has 0 aliphatic carbocycles. The lowest BCUT2D eigenvalue weighted by Crippen LogP contribution is -2.39. The number of fused-ring (bicyclic) bond motifs is 1. The van der Waals surface area contributed by atoms with E-state index in [2.05, 4.69) is 15.2 Å². The van der Waals surface area contributed by atoms with Gasteiger partial charge in [0, 0.05) is 41.8 Å². The summed E-state index contributed by atoms with van der Waals surface area (Å²) in [7, 11) is 0. The van der Waals surface area contributed by atoms with E-state index >= 15 is 0 Å². The predicted molar refractivity (Wildman–Crippen MR) is 84.7 cm³/mol. The number of hydrogen-bond acceptors (Lipinski definition) is 2. The van der Waals surface area contributed by atoms with Gasteiger partial charge in [0.15, 0.2) is 0 Å². The molecule has 1 unspecified atom stereocenters. The number of carbonyl (C=O) groups is 1. The molecule has 1 atom stereocenters. The van der Waals surface area contributed by atoms with Gasteiger partial charge in [-0.2, -0.15) is 5.10 Å². The summed E-state index contributed by atoms with van der Waals surface area (Å²) in [5, 5.41) is 7.83. The van der Waals surface area contributed by atoms with Crippen molar-refractivity contribution in [1.29, 1.82) is 0 Å². The van der Waals surface area contributed by atoms with Crippen LogP contribution in [0.15, 0.2) is 36.5 Å². The van der Waals surface area contributed by atoms with E-state index in [4.69, 9.17) is 0 Å². The molecular formula is C17H17FN4O. The van der Waals surface area contributed by atoms with Crippen LogP contribution in [0.5, 0.6) is 0 Å². The van der Waals surface area contributed by atoms with Crippen molar-refractivity contribution in [2.75, 3.05) is 13.1 Å². The highest BCUT2D eigenvalue weighted by atomic mass is 19.1. The van der Waals surface area contributed by atoms with Gasteiger partial charge in [0.05, 0.1) is 0 Å². The van der Waals surface area contributed by atoms with E-state index in [1.807, 2.05) is 11.0 Å². The number of likely N-dealkylation sites (tertiary alicyclic amines) is 1. The number of aromatic nitrogens is 3. The van der Waals surface area contributed by atoms with Crippen LogP contribution in [-0.4, -0.2) is 39.1 Å². The summed E-state index contributed by atoms with van der Waals surface area (Å²) < 4.78 is 13.3. The monoisotopic (exact) mass is 312 g/mol. The van der Waals surface area contributed by atoms with Crippen LogP contribution in [-0.2, 0) is 0 Å². The Morgan fingerprint density at radius 2 is 2.22 bits per heavy atom. The SMILES string of the molecule is O=C(c1cc2ccc(F)cc2[nH]1)N1CCCC(c2ccn[nH]2)C1. The van der Waals surface area contributed by atoms with Crippen LogP contribution >= 0.6 is 0 Å². The fourth-order valence-electron chi connectivity index (χ4n) is 3.29. The summed E-state index contributed by atoms with van der Waals surface area (Å²) in [5.74, 6) is -0.0570. The largest absolute Gasteiger partial charge is 0.350 e. The second kappa shape index (κ2) is 5.53. The summed E-state index contributed by atoms with van der Waals surface area (Å²) in [4.78, 5) is 17.6. The molecule has 2 N–H and O–H groups in total. The maximum atomic E-state index is 13.3. The molecule has 3 heterocycles. The molecule has 3 aromatic rings. The Kier molecular flexibility index (Phi) is 3.37. The number of carbonyl (C=O) groups excluding carboxylic acids is 1. The van der Waals surface area contributed by atoms with Crippen LogP contribution < -0.4 is 0 Å². The van der Waals surface area contributed by atoms with Crippen molar-refractivity contribution in [3.8, 4) is 0 Å². The van der Waals surface area contributed by atoms with Gasteiger partial charge in [-0.1, -0.05) is 0 Å². The lowest BCUT2D eigenvalue weighted by Gasteiger charge is -2.32. The zero-order valence-corrected chi connectivity index (χ0v) is 12.6. The van der Waals surface area contributed by atoms with Crippen LogP contribution in [0.1, 0.15) is 34.9 Å². The van der Waals surface area contributed by atoms with Gasteiger partial charge in [-0.15, -0.1) is 0 Å². The number of nitrogens with one attached hydrogen (secondary N) is 2. The Balaban J connectivity index is 1.57. The van der Waals surface area contributed by atoms with Gasteiger partial charge in [-0.25, -0.2) is 4.39 Å². The van der Waals surface area contributed by atoms with Crippen LogP contribution in [0.2, 0.25) is 0 Å². The third-order valence-electron chi connectivity index (χ3n) is 4.49. The van der Waals surface area contributed by atoms with E-state index in [-0.39, 0.29) is 17.6 Å². The number of aromatic amines is 2. The highest BCUT2D eigenvalue weighted by molar-refractivity contribution is 5.98. The van der Waals surface area contributed by atoms with Gasteiger partial charge in [0.1, 0.15) is 11.5 Å². The zero-order chi connectivity index (χ0) is 15.8. The minimum Gasteiger partial charge on any atom is -0.350 e. The summed E-state index contributed by atoms with van der Waals surface area (Å²) in [6.45, 7) is 1.41. The number of rotatable bonds is 2. The molecule has 0 saturated carbocycles. The molecule has 1 aliphatic heterocycles. The van der Waals surface area contributed by atoms with E-state index in [9.17, 15) is 9.18 Å². The normalized spacial score (nSPS) is 18.5. The van der Waals surface area contributed by atoms with Crippen molar-refractivity contribution in [1.82, 2.24) is 20.1 Å². The quantitative estimate of drug-likeness (QED) is 0.764. The molecule has 4 rings (SSSR count). The van der Waals surface area contributed by atoms with Crippen molar-refractivity contribution in [3.63, 3.8) is 0 Å². The lowest BCUT2D eigenvalue weighted by molar-refractivity contribution is 0.0701. The average Bonchev–Trinajstić information content (AvgIpc) is 3.23. The molecule has 1 saturated heterocycles. The Labute approximate surface area is 132 Å². The maximum Gasteiger partial charge on any atom is 0.270 e. The summed E-state index contributed by atoms with van der Waals surface area (Å²) in [5.41, 5.74) is 2.23. The minimum atomic E-state index is -0.310. The molecule has 0 spiro atoms. The zero-order valence-electron chi connectivity index (χ0n) is 12.6. The van der Waals surface area contributed by atoms with Gasteiger partial charge >= 0.3 is 0 Å². The molecule has 6 heteroatoms. The first-order valence-electron chi connectivity index (χ1n) is 7.77. The first kappa shape index (κ1) is 14.0. The van der Waals surface area contributed by atoms with Gasteiger partial charge in [0.2, 0.25) is 0 Å². The molecular weight excluding hydrogens is 295 g/mol. The van der Waals surface area contributed by atoms with Gasteiger partial charge in [0.25, 0.3) is 5.91 Å². The van der Waals surface area contributed by atoms with E-state index < -0.39 is 0 Å². The van der Waals surface area contributed by atoms with E-state index in [0.717, 1.165) is 30.5 Å². The van der Waals surface area contributed by atoms with Crippen molar-refractivity contribution in [2.45, 2.75) is 18.8 Å². The molecule has 23 heavy (non-hydrogen) atoms. The van der Waals surface area contributed by atoms with Gasteiger partial charge < -0.3 is 9.88 Å². The minimum absolute atomic E-state index is 0.0363. The topological polar surface area (TPSA) is 64.8 Å². The maximum absolute atomic E-state index is 13.3. The number of piperidine rings is 1. The first-order valence-corrected chi connectivity index (χ1v) is 7.77.